The third kappa shape index (κ3) is 1.95. The zero-order valence-electron chi connectivity index (χ0n) is 7.17. The van der Waals surface area contributed by atoms with Gasteiger partial charge in [-0.1, -0.05) is 17.7 Å². The highest BCUT2D eigenvalue weighted by Gasteiger charge is 2.16. The molecule has 0 aliphatic rings. The van der Waals surface area contributed by atoms with E-state index in [1.54, 1.807) is 0 Å². The highest BCUT2D eigenvalue weighted by atomic mass is 35.5. The fraction of sp³-hybridized carbons (Fsp3) is 0.222. The first-order valence-electron chi connectivity index (χ1n) is 3.87. The number of phenols is 1. The molecule has 1 aromatic carbocycles. The van der Waals surface area contributed by atoms with Gasteiger partial charge in [0.1, 0.15) is 0 Å². The molecule has 5 heteroatoms. The number of benzene rings is 1. The van der Waals surface area contributed by atoms with E-state index >= 15 is 0 Å². The molecule has 3 nitrogen and oxygen atoms in total. The van der Waals surface area contributed by atoms with Crippen LogP contribution in [0.4, 0.5) is 4.39 Å². The Balaban J connectivity index is 3.12. The van der Waals surface area contributed by atoms with Crippen molar-refractivity contribution >= 4 is 11.6 Å². The van der Waals surface area contributed by atoms with E-state index in [9.17, 15) is 9.50 Å². The van der Waals surface area contributed by atoms with Gasteiger partial charge >= 0.3 is 0 Å². The van der Waals surface area contributed by atoms with Crippen LogP contribution in [0.2, 0.25) is 5.02 Å². The summed E-state index contributed by atoms with van der Waals surface area (Å²) in [5, 5.41) is 17.5. The van der Waals surface area contributed by atoms with Crippen molar-refractivity contribution in [2.45, 2.75) is 12.5 Å². The minimum absolute atomic E-state index is 0.00856. The predicted octanol–water partition coefficient (Wildman–Crippen LogP) is 2.10. The monoisotopic (exact) mass is 214 g/mol. The number of hydrogen-bond donors (Lipinski definition) is 2. The number of nitrogens with zero attached hydrogens (tertiary/aromatic N) is 1. The van der Waals surface area contributed by atoms with Crippen LogP contribution in [-0.2, 0) is 0 Å². The second-order valence-electron chi connectivity index (χ2n) is 2.77. The average Bonchev–Trinajstić information content (AvgIpc) is 2.15. The molecule has 1 atom stereocenters. The maximum atomic E-state index is 13.1. The van der Waals surface area contributed by atoms with Crippen LogP contribution >= 0.6 is 11.6 Å². The van der Waals surface area contributed by atoms with Gasteiger partial charge < -0.3 is 10.8 Å². The molecule has 0 spiro atoms. The molecule has 0 radical (unpaired) electrons. The number of aromatic hydroxyl groups is 1. The first-order valence-corrected chi connectivity index (χ1v) is 4.25. The molecule has 1 rings (SSSR count). The summed E-state index contributed by atoms with van der Waals surface area (Å²) in [6, 6.07) is 3.83. The van der Waals surface area contributed by atoms with Crippen molar-refractivity contribution in [3.8, 4) is 11.8 Å². The molecule has 0 bridgehead atoms. The van der Waals surface area contributed by atoms with Crippen molar-refractivity contribution in [1.82, 2.24) is 0 Å². The lowest BCUT2D eigenvalue weighted by molar-refractivity contribution is 0.421. The first-order chi connectivity index (χ1) is 6.57. The normalized spacial score (nSPS) is 12.1. The van der Waals surface area contributed by atoms with E-state index in [-0.39, 0.29) is 17.0 Å². The number of rotatable bonds is 2. The van der Waals surface area contributed by atoms with Gasteiger partial charge in [-0.2, -0.15) is 5.26 Å². The number of nitrogens with two attached hydrogens (primary N) is 1. The number of nitriles is 1. The number of halogens is 2. The zero-order chi connectivity index (χ0) is 10.7. The Morgan fingerprint density at radius 1 is 1.64 bits per heavy atom. The Labute approximate surface area is 85.5 Å². The van der Waals surface area contributed by atoms with Crippen LogP contribution in [0.5, 0.6) is 5.75 Å². The summed E-state index contributed by atoms with van der Waals surface area (Å²) in [4.78, 5) is 0. The fourth-order valence-corrected chi connectivity index (χ4v) is 1.21. The Morgan fingerprint density at radius 3 is 2.86 bits per heavy atom. The molecule has 1 aromatic rings. The van der Waals surface area contributed by atoms with E-state index in [1.807, 2.05) is 6.07 Å². The van der Waals surface area contributed by atoms with Crippen LogP contribution in [0.25, 0.3) is 0 Å². The van der Waals surface area contributed by atoms with Crippen molar-refractivity contribution in [3.63, 3.8) is 0 Å². The highest BCUT2D eigenvalue weighted by molar-refractivity contribution is 6.30. The fourth-order valence-electron chi connectivity index (χ4n) is 1.06. The van der Waals surface area contributed by atoms with Crippen molar-refractivity contribution < 1.29 is 9.50 Å². The Bertz CT molecular complexity index is 389. The molecule has 0 saturated heterocycles. The topological polar surface area (TPSA) is 70.0 Å². The van der Waals surface area contributed by atoms with E-state index in [0.717, 1.165) is 0 Å². The molecule has 0 amide bonds. The minimum atomic E-state index is -0.905. The van der Waals surface area contributed by atoms with Gasteiger partial charge in [0.2, 0.25) is 0 Å². The lowest BCUT2D eigenvalue weighted by Crippen LogP contribution is -2.09. The summed E-state index contributed by atoms with van der Waals surface area (Å²) < 4.78 is 13.1. The number of phenolic OH excluding ortho intramolecular Hbond substituents is 1. The molecule has 0 unspecified atom stereocenters. The largest absolute Gasteiger partial charge is 0.505 e. The molecule has 0 aromatic heterocycles. The third-order valence-electron chi connectivity index (χ3n) is 1.81. The van der Waals surface area contributed by atoms with E-state index < -0.39 is 17.6 Å². The highest BCUT2D eigenvalue weighted by Crippen LogP contribution is 2.31. The molecule has 0 heterocycles. The maximum Gasteiger partial charge on any atom is 0.183 e. The molecule has 14 heavy (non-hydrogen) atoms. The summed E-state index contributed by atoms with van der Waals surface area (Å²) in [6.07, 6.45) is 0.00856. The molecular formula is C9H8ClFN2O. The Kier molecular flexibility index (Phi) is 3.28. The van der Waals surface area contributed by atoms with E-state index in [4.69, 9.17) is 22.6 Å². The third-order valence-corrected chi connectivity index (χ3v) is 2.10. The van der Waals surface area contributed by atoms with Gasteiger partial charge in [-0.25, -0.2) is 4.39 Å². The van der Waals surface area contributed by atoms with Gasteiger partial charge in [0.25, 0.3) is 0 Å². The standard InChI is InChI=1S/C9H8ClFN2O/c10-6-2-1-5(7(13)3-4-12)9(14)8(6)11/h1-2,7,14H,3,13H2/t7-/m1/s1. The van der Waals surface area contributed by atoms with Gasteiger partial charge in [-0.15, -0.1) is 0 Å². The zero-order valence-corrected chi connectivity index (χ0v) is 7.92. The molecule has 0 aliphatic heterocycles. The number of hydrogen-bond acceptors (Lipinski definition) is 3. The Morgan fingerprint density at radius 2 is 2.29 bits per heavy atom. The minimum Gasteiger partial charge on any atom is -0.505 e. The van der Waals surface area contributed by atoms with Crippen molar-refractivity contribution in [2.75, 3.05) is 0 Å². The molecule has 3 N–H and O–H groups in total. The predicted molar refractivity (Wildman–Crippen MR) is 50.2 cm³/mol. The summed E-state index contributed by atoms with van der Waals surface area (Å²) >= 11 is 5.43. The Hall–Kier alpha value is -1.31. The maximum absolute atomic E-state index is 13.1. The lowest BCUT2D eigenvalue weighted by Gasteiger charge is -2.10. The molecule has 74 valence electrons. The van der Waals surface area contributed by atoms with Gasteiger partial charge in [-0.3, -0.25) is 0 Å². The first kappa shape index (κ1) is 10.8. The van der Waals surface area contributed by atoms with Crippen LogP contribution in [-0.4, -0.2) is 5.11 Å². The summed E-state index contributed by atoms with van der Waals surface area (Å²) in [7, 11) is 0. The molecule has 0 saturated carbocycles. The quantitative estimate of drug-likeness (QED) is 0.792. The molecule has 0 fully saturated rings. The van der Waals surface area contributed by atoms with E-state index in [2.05, 4.69) is 0 Å². The van der Waals surface area contributed by atoms with Crippen molar-refractivity contribution in [1.29, 1.82) is 5.26 Å². The molecule has 0 aliphatic carbocycles. The lowest BCUT2D eigenvalue weighted by atomic mass is 10.0. The average molecular weight is 215 g/mol. The van der Waals surface area contributed by atoms with Gasteiger partial charge in [0.15, 0.2) is 11.6 Å². The van der Waals surface area contributed by atoms with Crippen LogP contribution in [0.1, 0.15) is 18.0 Å². The van der Waals surface area contributed by atoms with Crippen LogP contribution in [0.15, 0.2) is 12.1 Å². The van der Waals surface area contributed by atoms with Gasteiger partial charge in [0, 0.05) is 11.6 Å². The molecular weight excluding hydrogens is 207 g/mol. The second-order valence-corrected chi connectivity index (χ2v) is 3.18. The summed E-state index contributed by atoms with van der Waals surface area (Å²) in [5.41, 5.74) is 5.72. The van der Waals surface area contributed by atoms with Crippen molar-refractivity contribution in [3.05, 3.63) is 28.5 Å². The smallest absolute Gasteiger partial charge is 0.183 e. The summed E-state index contributed by atoms with van der Waals surface area (Å²) in [6.45, 7) is 0. The van der Waals surface area contributed by atoms with Crippen LogP contribution in [0.3, 0.4) is 0 Å². The summed E-state index contributed by atoms with van der Waals surface area (Å²) in [5.74, 6) is -1.49. The van der Waals surface area contributed by atoms with Gasteiger partial charge in [-0.05, 0) is 6.07 Å². The van der Waals surface area contributed by atoms with Crippen molar-refractivity contribution in [2.24, 2.45) is 5.73 Å². The van der Waals surface area contributed by atoms with Crippen LogP contribution in [0, 0.1) is 17.1 Å². The SMILES string of the molecule is N#CC[C@@H](N)c1ccc(Cl)c(F)c1O. The van der Waals surface area contributed by atoms with E-state index in [1.165, 1.54) is 12.1 Å². The van der Waals surface area contributed by atoms with E-state index in [0.29, 0.717) is 0 Å². The van der Waals surface area contributed by atoms with Gasteiger partial charge in [0.05, 0.1) is 17.5 Å². The van der Waals surface area contributed by atoms with Crippen LogP contribution < -0.4 is 5.73 Å². The second kappa shape index (κ2) is 4.27.